The maximum absolute atomic E-state index is 14.8. The third-order valence-corrected chi connectivity index (χ3v) is 6.54. The van der Waals surface area contributed by atoms with Crippen LogP contribution in [0.2, 0.25) is 0 Å². The zero-order valence-electron chi connectivity index (χ0n) is 19.7. The first-order valence-electron chi connectivity index (χ1n) is 11.9. The average molecular weight is 448 g/mol. The summed E-state index contributed by atoms with van der Waals surface area (Å²) in [6.07, 6.45) is 3.46. The number of anilines is 1. The molecule has 1 aromatic rings. The summed E-state index contributed by atoms with van der Waals surface area (Å²) in [5, 5.41) is 6.72. The Balaban J connectivity index is 1.46. The summed E-state index contributed by atoms with van der Waals surface area (Å²) >= 11 is 0. The van der Waals surface area contributed by atoms with Gasteiger partial charge >= 0.3 is 5.97 Å². The van der Waals surface area contributed by atoms with Gasteiger partial charge in [-0.05, 0) is 56.8 Å². The van der Waals surface area contributed by atoms with Crippen LogP contribution < -0.4 is 15.5 Å². The minimum Gasteiger partial charge on any atom is -0.466 e. The Bertz CT molecular complexity index is 772. The van der Waals surface area contributed by atoms with Gasteiger partial charge in [-0.25, -0.2) is 4.39 Å². The molecule has 2 N–H and O–H groups in total. The van der Waals surface area contributed by atoms with Crippen molar-refractivity contribution in [3.63, 3.8) is 0 Å². The maximum atomic E-state index is 14.8. The fourth-order valence-corrected chi connectivity index (χ4v) is 4.53. The van der Waals surface area contributed by atoms with Gasteiger partial charge in [-0.3, -0.25) is 9.79 Å². The molecule has 8 heteroatoms. The molecule has 2 fully saturated rings. The molecule has 0 unspecified atom stereocenters. The molecule has 0 atom stereocenters. The van der Waals surface area contributed by atoms with Gasteiger partial charge in [-0.15, -0.1) is 0 Å². The second-order valence-corrected chi connectivity index (χ2v) is 8.58. The molecule has 2 aliphatic rings. The molecule has 32 heavy (non-hydrogen) atoms. The molecule has 178 valence electrons. The number of esters is 1. The highest BCUT2D eigenvalue weighted by molar-refractivity contribution is 5.80. The molecule has 1 aliphatic heterocycles. The van der Waals surface area contributed by atoms with Gasteiger partial charge < -0.3 is 25.2 Å². The van der Waals surface area contributed by atoms with E-state index in [-0.39, 0.29) is 23.7 Å². The highest BCUT2D eigenvalue weighted by Crippen LogP contribution is 2.25. The lowest BCUT2D eigenvalue weighted by Crippen LogP contribution is -2.46. The number of aliphatic imine (C=N–C) groups is 1. The van der Waals surface area contributed by atoms with E-state index in [0.717, 1.165) is 64.0 Å². The summed E-state index contributed by atoms with van der Waals surface area (Å²) in [5.74, 6) is 0.458. The number of carbonyl (C=O) groups is 1. The molecular formula is C24H38FN5O2. The minimum atomic E-state index is -0.172. The average Bonchev–Trinajstić information content (AvgIpc) is 2.82. The smallest absolute Gasteiger partial charge is 0.308 e. The first-order chi connectivity index (χ1) is 15.5. The SMILES string of the molecule is CCOC(=O)C1CCC(NC(=NC)NCc2ccc(N3CCN(CC)CC3)c(F)c2)CC1. The van der Waals surface area contributed by atoms with Crippen molar-refractivity contribution in [2.45, 2.75) is 52.1 Å². The molecule has 1 aliphatic carbocycles. The normalized spacial score (nSPS) is 22.5. The van der Waals surface area contributed by atoms with E-state index in [1.54, 1.807) is 13.1 Å². The van der Waals surface area contributed by atoms with E-state index in [0.29, 0.717) is 24.8 Å². The van der Waals surface area contributed by atoms with Crippen LogP contribution in [0.5, 0.6) is 0 Å². The lowest BCUT2D eigenvalue weighted by Gasteiger charge is -2.35. The van der Waals surface area contributed by atoms with Crippen molar-refractivity contribution in [1.82, 2.24) is 15.5 Å². The van der Waals surface area contributed by atoms with E-state index in [1.165, 1.54) is 0 Å². The van der Waals surface area contributed by atoms with Gasteiger partial charge in [0.05, 0.1) is 18.2 Å². The number of hydrogen-bond acceptors (Lipinski definition) is 5. The Morgan fingerprint density at radius 2 is 1.88 bits per heavy atom. The molecular weight excluding hydrogens is 409 g/mol. The summed E-state index contributed by atoms with van der Waals surface area (Å²) in [5.41, 5.74) is 1.57. The fraction of sp³-hybridized carbons (Fsp3) is 0.667. The third-order valence-electron chi connectivity index (χ3n) is 6.54. The highest BCUT2D eigenvalue weighted by Gasteiger charge is 2.27. The first-order valence-corrected chi connectivity index (χ1v) is 11.9. The van der Waals surface area contributed by atoms with Crippen molar-refractivity contribution in [2.75, 3.05) is 51.3 Å². The van der Waals surface area contributed by atoms with Crippen LogP contribution in [0.3, 0.4) is 0 Å². The first kappa shape index (κ1) is 24.3. The summed E-state index contributed by atoms with van der Waals surface area (Å²) in [4.78, 5) is 20.7. The van der Waals surface area contributed by atoms with Crippen LogP contribution in [0.25, 0.3) is 0 Å². The Labute approximate surface area is 191 Å². The Kier molecular flexibility index (Phi) is 9.14. The largest absolute Gasteiger partial charge is 0.466 e. The van der Waals surface area contributed by atoms with Crippen molar-refractivity contribution in [3.8, 4) is 0 Å². The van der Waals surface area contributed by atoms with E-state index in [9.17, 15) is 9.18 Å². The third kappa shape index (κ3) is 6.58. The summed E-state index contributed by atoms with van der Waals surface area (Å²) in [6, 6.07) is 5.76. The van der Waals surface area contributed by atoms with Crippen LogP contribution in [-0.2, 0) is 16.1 Å². The number of hydrogen-bond donors (Lipinski definition) is 2. The second kappa shape index (κ2) is 12.0. The number of rotatable bonds is 7. The van der Waals surface area contributed by atoms with Crippen molar-refractivity contribution < 1.29 is 13.9 Å². The monoisotopic (exact) mass is 447 g/mol. The molecule has 3 rings (SSSR count). The lowest BCUT2D eigenvalue weighted by molar-refractivity contribution is -0.149. The Hall–Kier alpha value is -2.35. The number of halogens is 1. The van der Waals surface area contributed by atoms with E-state index in [2.05, 4.69) is 32.3 Å². The van der Waals surface area contributed by atoms with Crippen molar-refractivity contribution in [2.24, 2.45) is 10.9 Å². The molecule has 1 saturated carbocycles. The number of nitrogens with zero attached hydrogens (tertiary/aromatic N) is 3. The molecule has 0 aromatic heterocycles. The lowest BCUT2D eigenvalue weighted by atomic mass is 9.86. The summed E-state index contributed by atoms with van der Waals surface area (Å²) in [6.45, 7) is 9.65. The molecule has 0 bridgehead atoms. The molecule has 7 nitrogen and oxygen atoms in total. The second-order valence-electron chi connectivity index (χ2n) is 8.58. The fourth-order valence-electron chi connectivity index (χ4n) is 4.53. The minimum absolute atomic E-state index is 0.00872. The molecule has 0 radical (unpaired) electrons. The van der Waals surface area contributed by atoms with Crippen molar-refractivity contribution in [1.29, 1.82) is 0 Å². The predicted octanol–water partition coefficient (Wildman–Crippen LogP) is 2.75. The number of ether oxygens (including phenoxy) is 1. The van der Waals surface area contributed by atoms with Gasteiger partial charge in [0.25, 0.3) is 0 Å². The Morgan fingerprint density at radius 3 is 2.47 bits per heavy atom. The van der Waals surface area contributed by atoms with Gasteiger partial charge in [0, 0.05) is 45.8 Å². The summed E-state index contributed by atoms with van der Waals surface area (Å²) < 4.78 is 19.9. The molecule has 0 amide bonds. The molecule has 1 heterocycles. The molecule has 0 spiro atoms. The van der Waals surface area contributed by atoms with E-state index < -0.39 is 0 Å². The van der Waals surface area contributed by atoms with Gasteiger partial charge in [0.15, 0.2) is 5.96 Å². The van der Waals surface area contributed by atoms with Gasteiger partial charge in [-0.2, -0.15) is 0 Å². The highest BCUT2D eigenvalue weighted by atomic mass is 19.1. The van der Waals surface area contributed by atoms with E-state index in [1.807, 2.05) is 19.1 Å². The van der Waals surface area contributed by atoms with E-state index >= 15 is 0 Å². The van der Waals surface area contributed by atoms with Gasteiger partial charge in [0.2, 0.25) is 0 Å². The van der Waals surface area contributed by atoms with Gasteiger partial charge in [0.1, 0.15) is 5.82 Å². The van der Waals surface area contributed by atoms with Crippen LogP contribution in [0.1, 0.15) is 45.1 Å². The number of guanidine groups is 1. The topological polar surface area (TPSA) is 69.2 Å². The van der Waals surface area contributed by atoms with Crippen LogP contribution >= 0.6 is 0 Å². The van der Waals surface area contributed by atoms with Crippen LogP contribution in [0.15, 0.2) is 23.2 Å². The number of benzene rings is 1. The standard InChI is InChI=1S/C24H38FN5O2/c1-4-29-12-14-30(15-13-29)22-11-6-18(16-21(22)25)17-27-24(26-3)28-20-9-7-19(8-10-20)23(31)32-5-2/h6,11,16,19-20H,4-5,7-10,12-15,17H2,1-3H3,(H2,26,27,28). The molecule has 1 aromatic carbocycles. The van der Waals surface area contributed by atoms with Crippen molar-refractivity contribution >= 4 is 17.6 Å². The van der Waals surface area contributed by atoms with Crippen LogP contribution in [0.4, 0.5) is 10.1 Å². The van der Waals surface area contributed by atoms with Crippen molar-refractivity contribution in [3.05, 3.63) is 29.6 Å². The van der Waals surface area contributed by atoms with Crippen LogP contribution in [0, 0.1) is 11.7 Å². The van der Waals surface area contributed by atoms with E-state index in [4.69, 9.17) is 4.74 Å². The Morgan fingerprint density at radius 1 is 1.16 bits per heavy atom. The summed E-state index contributed by atoms with van der Waals surface area (Å²) in [7, 11) is 1.74. The number of nitrogens with one attached hydrogen (secondary N) is 2. The quantitative estimate of drug-likeness (QED) is 0.381. The zero-order chi connectivity index (χ0) is 22.9. The number of piperazine rings is 1. The number of likely N-dealkylation sites (N-methyl/N-ethyl adjacent to an activating group) is 1. The predicted molar refractivity (Wildman–Crippen MR) is 126 cm³/mol. The molecule has 1 saturated heterocycles. The maximum Gasteiger partial charge on any atom is 0.308 e. The van der Waals surface area contributed by atoms with Crippen LogP contribution in [-0.4, -0.2) is 69.2 Å². The number of carbonyl (C=O) groups excluding carboxylic acids is 1. The zero-order valence-corrected chi connectivity index (χ0v) is 19.7. The van der Waals surface area contributed by atoms with Gasteiger partial charge in [-0.1, -0.05) is 13.0 Å².